The molecule has 1 saturated heterocycles. The number of rotatable bonds is 6. The highest BCUT2D eigenvalue weighted by Gasteiger charge is 2.35. The van der Waals surface area contributed by atoms with E-state index in [-0.39, 0.29) is 33.5 Å². The lowest BCUT2D eigenvalue weighted by atomic mass is 10.1. The largest absolute Gasteiger partial charge is 0.454 e. The number of piperidine rings is 1. The highest BCUT2D eigenvalue weighted by molar-refractivity contribution is 5.89. The summed E-state index contributed by atoms with van der Waals surface area (Å²) in [6, 6.07) is 15.8. The van der Waals surface area contributed by atoms with Gasteiger partial charge in [0.2, 0.25) is 0 Å². The summed E-state index contributed by atoms with van der Waals surface area (Å²) in [5.74, 6) is -0.638. The van der Waals surface area contributed by atoms with Gasteiger partial charge in [0.15, 0.2) is 11.8 Å². The first-order valence-electron chi connectivity index (χ1n) is 10.3. The average molecular weight is 450 g/mol. The molecule has 0 saturated carbocycles. The van der Waals surface area contributed by atoms with Crippen molar-refractivity contribution in [2.75, 3.05) is 20.2 Å². The van der Waals surface area contributed by atoms with E-state index in [2.05, 4.69) is 0 Å². The second-order valence-corrected chi connectivity index (χ2v) is 6.71. The number of carbonyl (C=O) groups excluding carboxylic acids is 2. The molecule has 2 unspecified atom stereocenters. The quantitative estimate of drug-likeness (QED) is 0.409. The number of halogens is 1. The molecule has 32 heavy (non-hydrogen) atoms. The molecule has 2 aromatic carbocycles. The molecule has 7 nitrogen and oxygen atoms in total. The summed E-state index contributed by atoms with van der Waals surface area (Å²) in [4.78, 5) is 30.9. The van der Waals surface area contributed by atoms with Crippen LogP contribution in [0.3, 0.4) is 0 Å². The van der Waals surface area contributed by atoms with E-state index in [9.17, 15) is 14.0 Å². The summed E-state index contributed by atoms with van der Waals surface area (Å²) in [5.41, 5.74) is 3.48. The summed E-state index contributed by atoms with van der Waals surface area (Å²) in [7, 11) is 1.53. The Bertz CT molecular complexity index is 817. The van der Waals surface area contributed by atoms with Crippen LogP contribution in [0.1, 0.15) is 43.6 Å². The van der Waals surface area contributed by atoms with Crippen molar-refractivity contribution in [3.05, 3.63) is 65.7 Å². The zero-order valence-corrected chi connectivity index (χ0v) is 18.1. The summed E-state index contributed by atoms with van der Waals surface area (Å²) >= 11 is 0. The first-order chi connectivity index (χ1) is 15.1. The molecule has 1 aliphatic heterocycles. The van der Waals surface area contributed by atoms with Crippen LogP contribution < -0.4 is 5.48 Å². The smallest absolute Gasteiger partial charge is 0.410 e. The molecule has 2 atom stereocenters. The molecular formula is C24H34FN2O5+. The Morgan fingerprint density at radius 1 is 1.09 bits per heavy atom. The Morgan fingerprint density at radius 3 is 2.38 bits per heavy atom. The number of quaternary nitrogens is 1. The second kappa shape index (κ2) is 14.2. The Labute approximate surface area is 189 Å². The number of hydrogen-bond acceptors (Lipinski definition) is 5. The third-order valence-electron chi connectivity index (χ3n) is 4.60. The highest BCUT2D eigenvalue weighted by Crippen LogP contribution is 2.20. The lowest BCUT2D eigenvalue weighted by Gasteiger charge is -2.33. The van der Waals surface area contributed by atoms with Crippen LogP contribution in [0.25, 0.3) is 0 Å². The van der Waals surface area contributed by atoms with Gasteiger partial charge in [-0.1, -0.05) is 51.6 Å². The van der Waals surface area contributed by atoms with Crippen LogP contribution in [0, 0.1) is 0 Å². The zero-order chi connectivity index (χ0) is 22.6. The number of likely N-dealkylation sites (tertiary alicyclic amines) is 1. The maximum absolute atomic E-state index is 14.3. The SMILES string of the molecule is C.CC.CO[NH2+]c1ccc(C(=O)OC2CN(C(=O)OCc3ccccc3)CCC2F)cc1. The molecule has 0 aliphatic carbocycles. The fraction of sp³-hybridized carbons (Fsp3) is 0.417. The van der Waals surface area contributed by atoms with Crippen molar-refractivity contribution in [2.45, 2.75) is 46.6 Å². The van der Waals surface area contributed by atoms with Crippen LogP contribution in [0.4, 0.5) is 14.9 Å². The predicted molar refractivity (Wildman–Crippen MR) is 120 cm³/mol. The van der Waals surface area contributed by atoms with Gasteiger partial charge in [-0.15, -0.1) is 0 Å². The van der Waals surface area contributed by atoms with Crippen molar-refractivity contribution in [2.24, 2.45) is 0 Å². The van der Waals surface area contributed by atoms with Gasteiger partial charge in [0.1, 0.15) is 12.8 Å². The minimum absolute atomic E-state index is 0. The number of ether oxygens (including phenoxy) is 2. The molecule has 8 heteroatoms. The summed E-state index contributed by atoms with van der Waals surface area (Å²) in [5, 5.41) is 0. The van der Waals surface area contributed by atoms with Crippen molar-refractivity contribution in [1.82, 2.24) is 4.90 Å². The summed E-state index contributed by atoms with van der Waals surface area (Å²) in [6.07, 6.45) is -2.84. The van der Waals surface area contributed by atoms with Crippen LogP contribution in [0.2, 0.25) is 0 Å². The van der Waals surface area contributed by atoms with Gasteiger partial charge in [-0.25, -0.2) is 18.8 Å². The number of benzene rings is 2. The average Bonchev–Trinajstić information content (AvgIpc) is 2.81. The Balaban J connectivity index is 0.00000166. The molecule has 3 rings (SSSR count). The van der Waals surface area contributed by atoms with Gasteiger partial charge in [-0.05, 0) is 17.7 Å². The van der Waals surface area contributed by atoms with Gasteiger partial charge in [-0.2, -0.15) is 5.48 Å². The summed E-state index contributed by atoms with van der Waals surface area (Å²) < 4.78 is 24.9. The number of hydrogen-bond donors (Lipinski definition) is 1. The lowest BCUT2D eigenvalue weighted by Crippen LogP contribution is -2.75. The Kier molecular flexibility index (Phi) is 12.0. The number of nitrogens with two attached hydrogens (primary N) is 1. The van der Waals surface area contributed by atoms with Crippen molar-refractivity contribution in [1.29, 1.82) is 0 Å². The number of amides is 1. The van der Waals surface area contributed by atoms with Crippen LogP contribution in [0.15, 0.2) is 54.6 Å². The predicted octanol–water partition coefficient (Wildman–Crippen LogP) is 4.01. The number of alkyl halides is 1. The second-order valence-electron chi connectivity index (χ2n) is 6.71. The number of nitrogens with zero attached hydrogens (tertiary/aromatic N) is 1. The lowest BCUT2D eigenvalue weighted by molar-refractivity contribution is -0.830. The van der Waals surface area contributed by atoms with E-state index in [4.69, 9.17) is 14.3 Å². The molecule has 0 spiro atoms. The number of carbonyl (C=O) groups is 2. The molecule has 1 fully saturated rings. The first kappa shape index (κ1) is 27.1. The molecule has 176 valence electrons. The fourth-order valence-electron chi connectivity index (χ4n) is 3.01. The molecule has 1 amide bonds. The van der Waals surface area contributed by atoms with Crippen LogP contribution >= 0.6 is 0 Å². The minimum atomic E-state index is -1.33. The topological polar surface area (TPSA) is 81.7 Å². The van der Waals surface area contributed by atoms with Crippen LogP contribution in [0.5, 0.6) is 0 Å². The fourth-order valence-corrected chi connectivity index (χ4v) is 3.01. The molecule has 1 heterocycles. The monoisotopic (exact) mass is 449 g/mol. The van der Waals surface area contributed by atoms with E-state index in [0.29, 0.717) is 5.56 Å². The first-order valence-corrected chi connectivity index (χ1v) is 10.3. The van der Waals surface area contributed by atoms with E-state index >= 15 is 0 Å². The van der Waals surface area contributed by atoms with Crippen molar-refractivity contribution in [3.8, 4) is 0 Å². The van der Waals surface area contributed by atoms with E-state index in [1.807, 2.05) is 44.2 Å². The third kappa shape index (κ3) is 7.94. The molecule has 1 aliphatic rings. The summed E-state index contributed by atoms with van der Waals surface area (Å²) in [6.45, 7) is 4.30. The van der Waals surface area contributed by atoms with E-state index < -0.39 is 24.3 Å². The van der Waals surface area contributed by atoms with E-state index in [1.165, 1.54) is 17.5 Å². The van der Waals surface area contributed by atoms with Crippen LogP contribution in [-0.4, -0.2) is 49.4 Å². The normalized spacial score (nSPS) is 17.3. The standard InChI is InChI=1S/C21H23FN2O5.C2H6.CH4/c1-27-23-17-9-7-16(8-10-17)20(25)29-19-13-24(12-11-18(19)22)21(26)28-14-15-5-3-2-4-6-15;1-2;/h2-10,18-19,23H,11-14H2,1H3;1-2H3;1H4/p+1. The maximum atomic E-state index is 14.3. The van der Waals surface area contributed by atoms with Crippen molar-refractivity contribution < 1.29 is 33.8 Å². The van der Waals surface area contributed by atoms with Crippen molar-refractivity contribution >= 4 is 17.7 Å². The maximum Gasteiger partial charge on any atom is 0.410 e. The van der Waals surface area contributed by atoms with Gasteiger partial charge >= 0.3 is 12.1 Å². The van der Waals surface area contributed by atoms with Gasteiger partial charge < -0.3 is 14.4 Å². The molecule has 0 radical (unpaired) electrons. The van der Waals surface area contributed by atoms with Crippen LogP contribution in [-0.2, 0) is 20.9 Å². The molecule has 0 aromatic heterocycles. The van der Waals surface area contributed by atoms with Crippen molar-refractivity contribution in [3.63, 3.8) is 0 Å². The van der Waals surface area contributed by atoms with Gasteiger partial charge in [0, 0.05) is 25.1 Å². The minimum Gasteiger partial charge on any atom is -0.454 e. The molecule has 2 N–H and O–H groups in total. The van der Waals surface area contributed by atoms with Gasteiger partial charge in [0.25, 0.3) is 0 Å². The Hall–Kier alpha value is -2.97. The number of esters is 1. The zero-order valence-electron chi connectivity index (χ0n) is 18.1. The van der Waals surface area contributed by atoms with E-state index in [1.54, 1.807) is 24.3 Å². The Morgan fingerprint density at radius 2 is 1.75 bits per heavy atom. The van der Waals surface area contributed by atoms with Gasteiger partial charge in [0.05, 0.1) is 19.2 Å². The molecular weight excluding hydrogens is 415 g/mol. The van der Waals surface area contributed by atoms with Gasteiger partial charge in [-0.3, -0.25) is 0 Å². The highest BCUT2D eigenvalue weighted by atomic mass is 19.1. The molecule has 0 bridgehead atoms. The van der Waals surface area contributed by atoms with E-state index in [0.717, 1.165) is 11.3 Å². The molecule has 2 aromatic rings. The third-order valence-corrected chi connectivity index (χ3v) is 4.60.